The number of rotatable bonds is 6. The van der Waals surface area contributed by atoms with Gasteiger partial charge in [0.25, 0.3) is 11.8 Å². The molecule has 1 aromatic heterocycles. The van der Waals surface area contributed by atoms with Gasteiger partial charge in [0, 0.05) is 17.4 Å². The summed E-state index contributed by atoms with van der Waals surface area (Å²) in [7, 11) is 1.44. The molecule has 0 radical (unpaired) electrons. The van der Waals surface area contributed by atoms with E-state index < -0.39 is 5.91 Å². The molecule has 2 amide bonds. The van der Waals surface area contributed by atoms with E-state index in [0.29, 0.717) is 27.0 Å². The van der Waals surface area contributed by atoms with E-state index in [0.717, 1.165) is 0 Å². The summed E-state index contributed by atoms with van der Waals surface area (Å²) < 4.78 is 5.51. The van der Waals surface area contributed by atoms with Gasteiger partial charge in [0.05, 0.1) is 17.8 Å². The maximum absolute atomic E-state index is 12.2. The van der Waals surface area contributed by atoms with Crippen LogP contribution in [-0.4, -0.2) is 35.2 Å². The number of pyridine rings is 1. The van der Waals surface area contributed by atoms with Crippen LogP contribution in [0, 0.1) is 0 Å². The first-order valence-electron chi connectivity index (χ1n) is 8.70. The first kappa shape index (κ1) is 21.0. The van der Waals surface area contributed by atoms with Crippen molar-refractivity contribution in [3.8, 4) is 11.5 Å². The molecule has 0 bridgehead atoms. The summed E-state index contributed by atoms with van der Waals surface area (Å²) in [6.45, 7) is 0. The maximum Gasteiger partial charge on any atom is 0.274 e. The molecule has 3 N–H and O–H groups in total. The molecule has 0 saturated heterocycles. The predicted molar refractivity (Wildman–Crippen MR) is 116 cm³/mol. The zero-order valence-corrected chi connectivity index (χ0v) is 17.4. The molecule has 0 fully saturated rings. The van der Waals surface area contributed by atoms with Crippen LogP contribution in [0.1, 0.15) is 26.4 Å². The number of hydrogen-bond donors (Lipinski definition) is 3. The van der Waals surface area contributed by atoms with Gasteiger partial charge in [0.2, 0.25) is 0 Å². The number of nitrogens with zero attached hydrogens (tertiary/aromatic N) is 2. The minimum absolute atomic E-state index is 0.0195. The number of phenolic OH excluding ortho intramolecular Hbond substituents is 1. The van der Waals surface area contributed by atoms with Gasteiger partial charge in [-0.05, 0) is 70.0 Å². The summed E-state index contributed by atoms with van der Waals surface area (Å²) in [4.78, 5) is 28.3. The molecule has 152 valence electrons. The lowest BCUT2D eigenvalue weighted by Gasteiger charge is -2.07. The molecule has 0 aliphatic carbocycles. The lowest BCUT2D eigenvalue weighted by molar-refractivity contribution is 0.0954. The fraction of sp³-hybridized carbons (Fsp3) is 0.0476. The highest BCUT2D eigenvalue weighted by atomic mass is 79.9. The first-order valence-corrected chi connectivity index (χ1v) is 9.49. The quantitative estimate of drug-likeness (QED) is 0.378. The van der Waals surface area contributed by atoms with E-state index in [4.69, 9.17) is 4.74 Å². The number of benzene rings is 2. The molecule has 0 aliphatic rings. The average molecular weight is 469 g/mol. The Kier molecular flexibility index (Phi) is 6.76. The summed E-state index contributed by atoms with van der Waals surface area (Å²) in [6, 6.07) is 14.6. The Balaban J connectivity index is 1.60. The molecule has 0 spiro atoms. The normalized spacial score (nSPS) is 10.6. The summed E-state index contributed by atoms with van der Waals surface area (Å²) in [5, 5.41) is 16.4. The Morgan fingerprint density at radius 2 is 1.90 bits per heavy atom. The third kappa shape index (κ3) is 5.21. The number of nitrogens with one attached hydrogen (secondary N) is 2. The zero-order valence-electron chi connectivity index (χ0n) is 15.8. The molecular weight excluding hydrogens is 452 g/mol. The maximum atomic E-state index is 12.2. The fourth-order valence-electron chi connectivity index (χ4n) is 2.45. The lowest BCUT2D eigenvalue weighted by atomic mass is 10.2. The minimum Gasteiger partial charge on any atom is -0.503 e. The number of carbonyl (C=O) groups is 2. The van der Waals surface area contributed by atoms with Crippen LogP contribution in [0.4, 0.5) is 5.69 Å². The Hall–Kier alpha value is -3.72. The Morgan fingerprint density at radius 3 is 2.57 bits per heavy atom. The Morgan fingerprint density at radius 1 is 1.13 bits per heavy atom. The van der Waals surface area contributed by atoms with Gasteiger partial charge in [-0.2, -0.15) is 5.10 Å². The standard InChI is InChI=1S/C21H17BrN4O4/c1-30-18-11-13(10-16(22)19(18)27)12-24-26-20(28)14-5-7-15(8-6-14)25-21(29)17-4-2-3-9-23-17/h2-12,27H,1H3,(H,25,29)(H,26,28)/b24-12+. The number of aromatic hydroxyl groups is 1. The summed E-state index contributed by atoms with van der Waals surface area (Å²) >= 11 is 3.22. The van der Waals surface area contributed by atoms with Gasteiger partial charge in [-0.25, -0.2) is 5.43 Å². The van der Waals surface area contributed by atoms with Crippen molar-refractivity contribution in [1.82, 2.24) is 10.4 Å². The van der Waals surface area contributed by atoms with Gasteiger partial charge < -0.3 is 15.2 Å². The number of ether oxygens (including phenoxy) is 1. The predicted octanol–water partition coefficient (Wildman–Crippen LogP) is 3.57. The van der Waals surface area contributed by atoms with Crippen molar-refractivity contribution in [2.45, 2.75) is 0 Å². The molecule has 30 heavy (non-hydrogen) atoms. The van der Waals surface area contributed by atoms with E-state index in [1.54, 1.807) is 54.6 Å². The highest BCUT2D eigenvalue weighted by Crippen LogP contribution is 2.34. The van der Waals surface area contributed by atoms with Crippen molar-refractivity contribution in [3.63, 3.8) is 0 Å². The number of hydrogen-bond acceptors (Lipinski definition) is 6. The second kappa shape index (κ2) is 9.66. The van der Waals surface area contributed by atoms with E-state index in [-0.39, 0.29) is 17.4 Å². The van der Waals surface area contributed by atoms with Crippen molar-refractivity contribution in [1.29, 1.82) is 0 Å². The van der Waals surface area contributed by atoms with Crippen LogP contribution in [0.3, 0.4) is 0 Å². The van der Waals surface area contributed by atoms with E-state index in [9.17, 15) is 14.7 Å². The van der Waals surface area contributed by atoms with Gasteiger partial charge >= 0.3 is 0 Å². The van der Waals surface area contributed by atoms with Crippen LogP contribution in [0.15, 0.2) is 70.4 Å². The van der Waals surface area contributed by atoms with E-state index >= 15 is 0 Å². The first-order chi connectivity index (χ1) is 14.5. The van der Waals surface area contributed by atoms with E-state index in [2.05, 4.69) is 36.8 Å². The third-order valence-corrected chi connectivity index (χ3v) is 4.56. The van der Waals surface area contributed by atoms with Crippen LogP contribution in [-0.2, 0) is 0 Å². The number of halogens is 1. The van der Waals surface area contributed by atoms with E-state index in [1.165, 1.54) is 19.5 Å². The second-order valence-corrected chi connectivity index (χ2v) is 6.85. The van der Waals surface area contributed by atoms with Crippen molar-refractivity contribution in [3.05, 3.63) is 82.1 Å². The van der Waals surface area contributed by atoms with Crippen LogP contribution < -0.4 is 15.5 Å². The van der Waals surface area contributed by atoms with Gasteiger partial charge in [0.1, 0.15) is 5.69 Å². The molecule has 2 aromatic carbocycles. The second-order valence-electron chi connectivity index (χ2n) is 6.00. The monoisotopic (exact) mass is 468 g/mol. The zero-order chi connectivity index (χ0) is 21.5. The average Bonchev–Trinajstić information content (AvgIpc) is 2.77. The molecule has 0 saturated carbocycles. The van der Waals surface area contributed by atoms with E-state index in [1.807, 2.05) is 0 Å². The third-order valence-electron chi connectivity index (χ3n) is 3.95. The molecular formula is C21H17BrN4O4. The molecule has 1 heterocycles. The van der Waals surface area contributed by atoms with Crippen molar-refractivity contribution < 1.29 is 19.4 Å². The number of methoxy groups -OCH3 is 1. The Bertz CT molecular complexity index is 1090. The van der Waals surface area contributed by atoms with Crippen molar-refractivity contribution in [2.24, 2.45) is 5.10 Å². The number of amides is 2. The molecule has 3 rings (SSSR count). The summed E-state index contributed by atoms with van der Waals surface area (Å²) in [5.41, 5.74) is 4.23. The highest BCUT2D eigenvalue weighted by Gasteiger charge is 2.09. The summed E-state index contributed by atoms with van der Waals surface area (Å²) in [5.74, 6) is -0.499. The highest BCUT2D eigenvalue weighted by molar-refractivity contribution is 9.10. The number of anilines is 1. The van der Waals surface area contributed by atoms with Crippen LogP contribution >= 0.6 is 15.9 Å². The molecule has 0 unspecified atom stereocenters. The van der Waals surface area contributed by atoms with Gasteiger partial charge in [0.15, 0.2) is 11.5 Å². The smallest absolute Gasteiger partial charge is 0.274 e. The molecule has 8 nitrogen and oxygen atoms in total. The SMILES string of the molecule is COc1cc(/C=N/NC(=O)c2ccc(NC(=O)c3ccccn3)cc2)cc(Br)c1O. The minimum atomic E-state index is -0.418. The lowest BCUT2D eigenvalue weighted by Crippen LogP contribution is -2.18. The van der Waals surface area contributed by atoms with Gasteiger partial charge in [-0.1, -0.05) is 6.07 Å². The molecule has 9 heteroatoms. The van der Waals surface area contributed by atoms with Crippen LogP contribution in [0.5, 0.6) is 11.5 Å². The number of hydrazone groups is 1. The molecule has 3 aromatic rings. The molecule has 0 aliphatic heterocycles. The fourth-order valence-corrected chi connectivity index (χ4v) is 2.91. The van der Waals surface area contributed by atoms with Gasteiger partial charge in [-0.3, -0.25) is 14.6 Å². The van der Waals surface area contributed by atoms with Crippen LogP contribution in [0.2, 0.25) is 0 Å². The van der Waals surface area contributed by atoms with Crippen molar-refractivity contribution >= 4 is 39.6 Å². The Labute approximate surface area is 180 Å². The molecule has 0 atom stereocenters. The topological polar surface area (TPSA) is 113 Å². The van der Waals surface area contributed by atoms with Crippen LogP contribution in [0.25, 0.3) is 0 Å². The van der Waals surface area contributed by atoms with Gasteiger partial charge in [-0.15, -0.1) is 0 Å². The number of carbonyl (C=O) groups excluding carboxylic acids is 2. The number of aromatic nitrogens is 1. The number of phenols is 1. The summed E-state index contributed by atoms with van der Waals surface area (Å²) in [6.07, 6.45) is 2.96. The largest absolute Gasteiger partial charge is 0.503 e. The van der Waals surface area contributed by atoms with Crippen molar-refractivity contribution in [2.75, 3.05) is 12.4 Å².